The van der Waals surface area contributed by atoms with E-state index in [9.17, 15) is 0 Å². The molecular weight excluding hydrogens is 200 g/mol. The number of aryl methyl sites for hydroxylation is 2. The first-order valence-electron chi connectivity index (χ1n) is 5.29. The Morgan fingerprint density at radius 3 is 2.31 bits per heavy atom. The van der Waals surface area contributed by atoms with Crippen LogP contribution in [0.2, 0.25) is 0 Å². The predicted octanol–water partition coefficient (Wildman–Crippen LogP) is 2.45. The van der Waals surface area contributed by atoms with Crippen molar-refractivity contribution in [3.8, 4) is 0 Å². The van der Waals surface area contributed by atoms with Crippen LogP contribution in [0.25, 0.3) is 0 Å². The summed E-state index contributed by atoms with van der Waals surface area (Å²) in [5.41, 5.74) is 6.22. The van der Waals surface area contributed by atoms with Crippen LogP contribution in [-0.2, 0) is 0 Å². The summed E-state index contributed by atoms with van der Waals surface area (Å²) in [5, 5.41) is 0. The van der Waals surface area contributed by atoms with Crippen molar-refractivity contribution in [3.05, 3.63) is 59.0 Å². The summed E-state index contributed by atoms with van der Waals surface area (Å²) in [6, 6.07) is 10.1. The molecule has 2 rings (SSSR count). The lowest BCUT2D eigenvalue weighted by atomic mass is 10.0. The van der Waals surface area contributed by atoms with Crippen LogP contribution in [0.1, 0.15) is 28.5 Å². The second kappa shape index (κ2) is 4.51. The topological polar surface area (TPSA) is 51.2 Å². The molecule has 3 nitrogen and oxygen atoms in total. The summed E-state index contributed by atoms with van der Waals surface area (Å²) in [6.45, 7) is 4.07. The zero-order valence-electron chi connectivity index (χ0n) is 9.53. The summed E-state index contributed by atoms with van der Waals surface area (Å²) in [5.74, 6) is 6.46. The molecule has 0 aliphatic heterocycles. The summed E-state index contributed by atoms with van der Waals surface area (Å²) in [7, 11) is 0. The number of hydrogen-bond acceptors (Lipinski definition) is 3. The molecule has 0 bridgehead atoms. The van der Waals surface area contributed by atoms with Gasteiger partial charge in [0.25, 0.3) is 0 Å². The summed E-state index contributed by atoms with van der Waals surface area (Å²) in [6.07, 6.45) is 1.68. The van der Waals surface area contributed by atoms with E-state index in [0.717, 1.165) is 16.9 Å². The van der Waals surface area contributed by atoms with Gasteiger partial charge in [-0.15, -0.1) is 0 Å². The first-order valence-corrected chi connectivity index (χ1v) is 5.29. The largest absolute Gasteiger partial charge is 0.467 e. The summed E-state index contributed by atoms with van der Waals surface area (Å²) in [4.78, 5) is 0. The monoisotopic (exact) mass is 216 g/mol. The molecule has 1 unspecified atom stereocenters. The Morgan fingerprint density at radius 2 is 1.81 bits per heavy atom. The van der Waals surface area contributed by atoms with Crippen LogP contribution in [0.3, 0.4) is 0 Å². The number of nitrogens with two attached hydrogens (primary N) is 1. The number of rotatable bonds is 3. The predicted molar refractivity (Wildman–Crippen MR) is 63.8 cm³/mol. The Hall–Kier alpha value is -1.58. The molecule has 1 atom stereocenters. The van der Waals surface area contributed by atoms with Gasteiger partial charge in [0.2, 0.25) is 0 Å². The molecule has 3 heteroatoms. The summed E-state index contributed by atoms with van der Waals surface area (Å²) >= 11 is 0. The Bertz CT molecular complexity index is 459. The fraction of sp³-hybridized carbons (Fsp3) is 0.231. The van der Waals surface area contributed by atoms with Crippen molar-refractivity contribution in [1.29, 1.82) is 0 Å². The van der Waals surface area contributed by atoms with Crippen LogP contribution in [0.5, 0.6) is 0 Å². The molecule has 0 spiro atoms. The van der Waals surface area contributed by atoms with Crippen LogP contribution < -0.4 is 11.3 Å². The molecule has 1 aromatic heterocycles. The lowest BCUT2D eigenvalue weighted by Gasteiger charge is -2.15. The van der Waals surface area contributed by atoms with Gasteiger partial charge in [-0.1, -0.05) is 29.8 Å². The van der Waals surface area contributed by atoms with E-state index in [4.69, 9.17) is 10.3 Å². The molecule has 1 heterocycles. The smallest absolute Gasteiger partial charge is 0.129 e. The standard InChI is InChI=1S/C13H16N2O/c1-9-3-5-11(6-4-9)12(15-14)13-10(2)7-8-16-13/h3-8,12,15H,14H2,1-2H3. The van der Waals surface area contributed by atoms with E-state index in [1.165, 1.54) is 5.56 Å². The number of nitrogens with one attached hydrogen (secondary N) is 1. The zero-order chi connectivity index (χ0) is 11.5. The third kappa shape index (κ3) is 2.01. The third-order valence-electron chi connectivity index (χ3n) is 2.74. The van der Waals surface area contributed by atoms with Gasteiger partial charge in [0, 0.05) is 0 Å². The van der Waals surface area contributed by atoms with E-state index in [0.29, 0.717) is 0 Å². The maximum Gasteiger partial charge on any atom is 0.129 e. The van der Waals surface area contributed by atoms with E-state index in [1.54, 1.807) is 6.26 Å². The molecule has 1 aromatic carbocycles. The van der Waals surface area contributed by atoms with Crippen LogP contribution >= 0.6 is 0 Å². The molecule has 84 valence electrons. The summed E-state index contributed by atoms with van der Waals surface area (Å²) < 4.78 is 5.46. The molecule has 2 aromatic rings. The number of benzene rings is 1. The minimum atomic E-state index is -0.0874. The van der Waals surface area contributed by atoms with E-state index >= 15 is 0 Å². The highest BCUT2D eigenvalue weighted by atomic mass is 16.3. The second-order valence-electron chi connectivity index (χ2n) is 3.98. The van der Waals surface area contributed by atoms with Gasteiger partial charge >= 0.3 is 0 Å². The lowest BCUT2D eigenvalue weighted by Crippen LogP contribution is -2.28. The average Bonchev–Trinajstić information content (AvgIpc) is 2.69. The molecule has 0 amide bonds. The van der Waals surface area contributed by atoms with Crippen molar-refractivity contribution < 1.29 is 4.42 Å². The van der Waals surface area contributed by atoms with Gasteiger partial charge in [0.1, 0.15) is 11.8 Å². The van der Waals surface area contributed by atoms with Gasteiger partial charge in [-0.25, -0.2) is 5.43 Å². The van der Waals surface area contributed by atoms with Crippen molar-refractivity contribution in [2.45, 2.75) is 19.9 Å². The molecule has 0 saturated heterocycles. The van der Waals surface area contributed by atoms with Crippen molar-refractivity contribution in [1.82, 2.24) is 5.43 Å². The van der Waals surface area contributed by atoms with Gasteiger partial charge in [0.15, 0.2) is 0 Å². The number of furan rings is 1. The van der Waals surface area contributed by atoms with Crippen LogP contribution in [-0.4, -0.2) is 0 Å². The van der Waals surface area contributed by atoms with Crippen LogP contribution in [0.15, 0.2) is 41.0 Å². The van der Waals surface area contributed by atoms with Gasteiger partial charge in [-0.3, -0.25) is 5.84 Å². The van der Waals surface area contributed by atoms with Gasteiger partial charge in [-0.2, -0.15) is 0 Å². The van der Waals surface area contributed by atoms with Crippen molar-refractivity contribution in [3.63, 3.8) is 0 Å². The Labute approximate surface area is 95.2 Å². The minimum Gasteiger partial charge on any atom is -0.467 e. The van der Waals surface area contributed by atoms with Crippen LogP contribution in [0, 0.1) is 13.8 Å². The third-order valence-corrected chi connectivity index (χ3v) is 2.74. The average molecular weight is 216 g/mol. The van der Waals surface area contributed by atoms with Crippen molar-refractivity contribution in [2.24, 2.45) is 5.84 Å². The SMILES string of the molecule is Cc1ccc(C(NN)c2occc2C)cc1. The first kappa shape index (κ1) is 10.9. The molecule has 0 fully saturated rings. The molecular formula is C13H16N2O. The van der Waals surface area contributed by atoms with Crippen molar-refractivity contribution in [2.75, 3.05) is 0 Å². The van der Waals surface area contributed by atoms with Gasteiger partial charge < -0.3 is 4.42 Å². The zero-order valence-corrected chi connectivity index (χ0v) is 9.53. The molecule has 3 N–H and O–H groups in total. The molecule has 0 radical (unpaired) electrons. The van der Waals surface area contributed by atoms with Crippen molar-refractivity contribution >= 4 is 0 Å². The van der Waals surface area contributed by atoms with Crippen LogP contribution in [0.4, 0.5) is 0 Å². The molecule has 0 aliphatic carbocycles. The second-order valence-corrected chi connectivity index (χ2v) is 3.98. The fourth-order valence-corrected chi connectivity index (χ4v) is 1.76. The van der Waals surface area contributed by atoms with E-state index in [-0.39, 0.29) is 6.04 Å². The molecule has 0 aliphatic rings. The van der Waals surface area contributed by atoms with E-state index in [1.807, 2.05) is 13.0 Å². The number of hydrazine groups is 1. The Kier molecular flexibility index (Phi) is 3.08. The fourth-order valence-electron chi connectivity index (χ4n) is 1.76. The van der Waals surface area contributed by atoms with Gasteiger partial charge in [-0.05, 0) is 31.0 Å². The quantitative estimate of drug-likeness (QED) is 0.612. The Morgan fingerprint density at radius 1 is 1.12 bits per heavy atom. The highest BCUT2D eigenvalue weighted by Gasteiger charge is 2.17. The molecule has 0 saturated carbocycles. The highest BCUT2D eigenvalue weighted by Crippen LogP contribution is 2.24. The van der Waals surface area contributed by atoms with E-state index in [2.05, 4.69) is 36.6 Å². The lowest BCUT2D eigenvalue weighted by molar-refractivity contribution is 0.449. The van der Waals surface area contributed by atoms with Gasteiger partial charge in [0.05, 0.1) is 6.26 Å². The first-order chi connectivity index (χ1) is 7.72. The molecule has 16 heavy (non-hydrogen) atoms. The normalized spacial score (nSPS) is 12.7. The maximum absolute atomic E-state index is 5.59. The maximum atomic E-state index is 5.59. The highest BCUT2D eigenvalue weighted by molar-refractivity contribution is 5.32. The minimum absolute atomic E-state index is 0.0874. The number of hydrogen-bond donors (Lipinski definition) is 2. The van der Waals surface area contributed by atoms with E-state index < -0.39 is 0 Å². The Balaban J connectivity index is 2.37.